The van der Waals surface area contributed by atoms with Crippen LogP contribution in [-0.4, -0.2) is 17.1 Å². The maximum atomic E-state index is 10.8. The molecule has 0 aromatic heterocycles. The molecule has 2 rings (SSSR count). The Morgan fingerprint density at radius 1 is 1.29 bits per heavy atom. The van der Waals surface area contributed by atoms with Crippen molar-refractivity contribution in [3.8, 4) is 11.5 Å². The third-order valence-electron chi connectivity index (χ3n) is 3.16. The first-order valence-electron chi connectivity index (χ1n) is 6.36. The fourth-order valence-electron chi connectivity index (χ4n) is 1.94. The molecule has 0 aliphatic heterocycles. The standard InChI is InChI=1S/C15H16N2O4/c1-10-3-5-12(17(19)20)8-13(10)16-9-11-4-6-14(18)15(7-11)21-2/h3-8,16,18H,9H2,1-2H3. The number of benzene rings is 2. The van der Waals surface area contributed by atoms with Gasteiger partial charge in [0, 0.05) is 24.4 Å². The summed E-state index contributed by atoms with van der Waals surface area (Å²) in [6, 6.07) is 9.72. The lowest BCUT2D eigenvalue weighted by atomic mass is 10.1. The number of rotatable bonds is 5. The van der Waals surface area contributed by atoms with Gasteiger partial charge in [0.2, 0.25) is 0 Å². The highest BCUT2D eigenvalue weighted by atomic mass is 16.6. The van der Waals surface area contributed by atoms with Crippen LogP contribution in [0, 0.1) is 17.0 Å². The van der Waals surface area contributed by atoms with Crippen LogP contribution >= 0.6 is 0 Å². The van der Waals surface area contributed by atoms with Gasteiger partial charge in [-0.15, -0.1) is 0 Å². The van der Waals surface area contributed by atoms with Gasteiger partial charge < -0.3 is 15.2 Å². The van der Waals surface area contributed by atoms with Crippen LogP contribution in [-0.2, 0) is 6.54 Å². The summed E-state index contributed by atoms with van der Waals surface area (Å²) in [4.78, 5) is 10.4. The van der Waals surface area contributed by atoms with Gasteiger partial charge in [-0.2, -0.15) is 0 Å². The number of aryl methyl sites for hydroxylation is 1. The predicted molar refractivity (Wildman–Crippen MR) is 79.8 cm³/mol. The number of methoxy groups -OCH3 is 1. The van der Waals surface area contributed by atoms with E-state index in [9.17, 15) is 15.2 Å². The van der Waals surface area contributed by atoms with Crippen LogP contribution in [0.1, 0.15) is 11.1 Å². The molecule has 0 atom stereocenters. The lowest BCUT2D eigenvalue weighted by Gasteiger charge is -2.11. The summed E-state index contributed by atoms with van der Waals surface area (Å²) in [5, 5.41) is 23.5. The van der Waals surface area contributed by atoms with Crippen LogP contribution in [0.2, 0.25) is 0 Å². The van der Waals surface area contributed by atoms with Crippen molar-refractivity contribution in [2.45, 2.75) is 13.5 Å². The predicted octanol–water partition coefficient (Wildman–Crippen LogP) is 3.23. The van der Waals surface area contributed by atoms with E-state index >= 15 is 0 Å². The molecule has 2 aromatic carbocycles. The molecule has 0 heterocycles. The summed E-state index contributed by atoms with van der Waals surface area (Å²) in [6.07, 6.45) is 0. The van der Waals surface area contributed by atoms with Crippen molar-refractivity contribution < 1.29 is 14.8 Å². The Balaban J connectivity index is 2.16. The second kappa shape index (κ2) is 6.13. The van der Waals surface area contributed by atoms with E-state index in [1.54, 1.807) is 24.3 Å². The molecule has 0 amide bonds. The van der Waals surface area contributed by atoms with Crippen LogP contribution in [0.4, 0.5) is 11.4 Å². The highest BCUT2D eigenvalue weighted by molar-refractivity contribution is 5.57. The summed E-state index contributed by atoms with van der Waals surface area (Å²) in [6.45, 7) is 2.35. The summed E-state index contributed by atoms with van der Waals surface area (Å²) in [5.41, 5.74) is 2.57. The maximum absolute atomic E-state index is 10.8. The molecule has 0 aliphatic carbocycles. The van der Waals surface area contributed by atoms with Crippen molar-refractivity contribution in [1.29, 1.82) is 0 Å². The number of aromatic hydroxyl groups is 1. The Bertz CT molecular complexity index is 671. The van der Waals surface area contributed by atoms with Crippen molar-refractivity contribution in [1.82, 2.24) is 0 Å². The minimum atomic E-state index is -0.422. The summed E-state index contributed by atoms with van der Waals surface area (Å²) in [5.74, 6) is 0.470. The molecular formula is C15H16N2O4. The highest BCUT2D eigenvalue weighted by Crippen LogP contribution is 2.27. The van der Waals surface area contributed by atoms with Crippen molar-refractivity contribution in [2.24, 2.45) is 0 Å². The number of hydrogen-bond donors (Lipinski definition) is 2. The fourth-order valence-corrected chi connectivity index (χ4v) is 1.94. The third kappa shape index (κ3) is 3.42. The molecule has 0 unspecified atom stereocenters. The first-order valence-corrected chi connectivity index (χ1v) is 6.36. The number of nitro benzene ring substituents is 1. The molecule has 0 aliphatic rings. The molecule has 0 radical (unpaired) electrons. The highest BCUT2D eigenvalue weighted by Gasteiger charge is 2.09. The van der Waals surface area contributed by atoms with Gasteiger partial charge in [0.1, 0.15) is 0 Å². The average Bonchev–Trinajstić information content (AvgIpc) is 2.47. The van der Waals surface area contributed by atoms with Gasteiger partial charge in [-0.25, -0.2) is 0 Å². The second-order valence-electron chi connectivity index (χ2n) is 4.62. The zero-order valence-electron chi connectivity index (χ0n) is 11.8. The number of ether oxygens (including phenoxy) is 1. The van der Waals surface area contributed by atoms with E-state index in [0.29, 0.717) is 18.0 Å². The van der Waals surface area contributed by atoms with Crippen LogP contribution in [0.25, 0.3) is 0 Å². The number of nitro groups is 1. The Hall–Kier alpha value is -2.76. The van der Waals surface area contributed by atoms with Crippen LogP contribution in [0.5, 0.6) is 11.5 Å². The van der Waals surface area contributed by atoms with Gasteiger partial charge >= 0.3 is 0 Å². The van der Waals surface area contributed by atoms with E-state index in [-0.39, 0.29) is 11.4 Å². The van der Waals surface area contributed by atoms with E-state index in [2.05, 4.69) is 5.32 Å². The van der Waals surface area contributed by atoms with Gasteiger partial charge in [0.25, 0.3) is 5.69 Å². The van der Waals surface area contributed by atoms with E-state index < -0.39 is 4.92 Å². The minimum Gasteiger partial charge on any atom is -0.504 e. The van der Waals surface area contributed by atoms with Gasteiger partial charge in [0.15, 0.2) is 11.5 Å². The Morgan fingerprint density at radius 3 is 2.71 bits per heavy atom. The Morgan fingerprint density at radius 2 is 2.05 bits per heavy atom. The van der Waals surface area contributed by atoms with E-state index in [4.69, 9.17) is 4.74 Å². The number of hydrogen-bond acceptors (Lipinski definition) is 5. The number of non-ortho nitro benzene ring substituents is 1. The number of phenols is 1. The molecule has 2 N–H and O–H groups in total. The van der Waals surface area contributed by atoms with Gasteiger partial charge in [-0.3, -0.25) is 10.1 Å². The maximum Gasteiger partial charge on any atom is 0.271 e. The Kier molecular flexibility index (Phi) is 4.27. The lowest BCUT2D eigenvalue weighted by Crippen LogP contribution is -2.02. The van der Waals surface area contributed by atoms with Crippen molar-refractivity contribution in [3.63, 3.8) is 0 Å². The van der Waals surface area contributed by atoms with Crippen LogP contribution in [0.15, 0.2) is 36.4 Å². The summed E-state index contributed by atoms with van der Waals surface area (Å²) >= 11 is 0. The molecule has 0 saturated heterocycles. The topological polar surface area (TPSA) is 84.6 Å². The first kappa shape index (κ1) is 14.6. The molecule has 21 heavy (non-hydrogen) atoms. The molecule has 0 spiro atoms. The number of phenolic OH excluding ortho intramolecular Hbond substituents is 1. The van der Waals surface area contributed by atoms with Crippen LogP contribution < -0.4 is 10.1 Å². The minimum absolute atomic E-state index is 0.0476. The molecule has 0 fully saturated rings. The van der Waals surface area contributed by atoms with Crippen molar-refractivity contribution in [3.05, 3.63) is 57.6 Å². The monoisotopic (exact) mass is 288 g/mol. The summed E-state index contributed by atoms with van der Waals surface area (Å²) < 4.78 is 5.04. The number of nitrogens with one attached hydrogen (secondary N) is 1. The molecule has 0 bridgehead atoms. The largest absolute Gasteiger partial charge is 0.504 e. The van der Waals surface area contributed by atoms with Crippen molar-refractivity contribution in [2.75, 3.05) is 12.4 Å². The second-order valence-corrected chi connectivity index (χ2v) is 4.62. The quantitative estimate of drug-likeness (QED) is 0.651. The summed E-state index contributed by atoms with van der Waals surface area (Å²) in [7, 11) is 1.48. The average molecular weight is 288 g/mol. The number of nitrogens with zero attached hydrogens (tertiary/aromatic N) is 1. The van der Waals surface area contributed by atoms with Crippen LogP contribution in [0.3, 0.4) is 0 Å². The van der Waals surface area contributed by atoms with E-state index in [1.807, 2.05) is 6.92 Å². The van der Waals surface area contributed by atoms with Gasteiger partial charge in [0.05, 0.1) is 12.0 Å². The zero-order chi connectivity index (χ0) is 15.4. The molecule has 110 valence electrons. The number of anilines is 1. The van der Waals surface area contributed by atoms with E-state index in [1.165, 1.54) is 19.2 Å². The molecular weight excluding hydrogens is 272 g/mol. The fraction of sp³-hybridized carbons (Fsp3) is 0.200. The first-order chi connectivity index (χ1) is 10.0. The van der Waals surface area contributed by atoms with Gasteiger partial charge in [-0.1, -0.05) is 12.1 Å². The molecule has 6 nitrogen and oxygen atoms in total. The molecule has 2 aromatic rings. The zero-order valence-corrected chi connectivity index (χ0v) is 11.8. The molecule has 0 saturated carbocycles. The Labute approximate surface area is 122 Å². The lowest BCUT2D eigenvalue weighted by molar-refractivity contribution is -0.384. The van der Waals surface area contributed by atoms with Gasteiger partial charge in [-0.05, 0) is 30.2 Å². The normalized spacial score (nSPS) is 10.2. The van der Waals surface area contributed by atoms with E-state index in [0.717, 1.165) is 11.1 Å². The molecule has 6 heteroatoms. The third-order valence-corrected chi connectivity index (χ3v) is 3.16. The smallest absolute Gasteiger partial charge is 0.271 e. The van der Waals surface area contributed by atoms with Crippen molar-refractivity contribution >= 4 is 11.4 Å². The SMILES string of the molecule is COc1cc(CNc2cc([N+](=O)[O-])ccc2C)ccc1O.